The third-order valence-electron chi connectivity index (χ3n) is 1.93. The molecule has 1 rings (SSSR count). The Balaban J connectivity index is 2.73. The molecular formula is C11H14F2OS. The van der Waals surface area contributed by atoms with Crippen molar-refractivity contribution in [1.29, 1.82) is 0 Å². The molecule has 0 saturated heterocycles. The normalized spacial score (nSPS) is 13.2. The lowest BCUT2D eigenvalue weighted by atomic mass is 10.1. The minimum atomic E-state index is -0.951. The van der Waals surface area contributed by atoms with Crippen LogP contribution < -0.4 is 0 Å². The summed E-state index contributed by atoms with van der Waals surface area (Å²) in [6, 6.07) is 3.85. The van der Waals surface area contributed by atoms with E-state index >= 15 is 0 Å². The first-order valence-corrected chi connectivity index (χ1v) is 5.80. The summed E-state index contributed by atoms with van der Waals surface area (Å²) in [6.07, 6.45) is -0.951. The molecule has 0 bridgehead atoms. The molecule has 1 unspecified atom stereocenters. The van der Waals surface area contributed by atoms with Gasteiger partial charge in [-0.25, -0.2) is 8.78 Å². The average Bonchev–Trinajstić information content (AvgIpc) is 2.18. The van der Waals surface area contributed by atoms with E-state index in [1.54, 1.807) is 0 Å². The highest BCUT2D eigenvalue weighted by atomic mass is 32.2. The third-order valence-corrected chi connectivity index (χ3v) is 3.10. The smallest absolute Gasteiger partial charge is 0.164 e. The van der Waals surface area contributed by atoms with E-state index in [4.69, 9.17) is 0 Å². The van der Waals surface area contributed by atoms with Crippen LogP contribution in [0.1, 0.15) is 25.5 Å². The van der Waals surface area contributed by atoms with Crippen molar-refractivity contribution in [3.8, 4) is 0 Å². The van der Waals surface area contributed by atoms with Crippen molar-refractivity contribution in [3.05, 3.63) is 35.4 Å². The van der Waals surface area contributed by atoms with Crippen molar-refractivity contribution < 1.29 is 13.9 Å². The van der Waals surface area contributed by atoms with Crippen molar-refractivity contribution in [1.82, 2.24) is 0 Å². The molecule has 1 nitrogen and oxygen atoms in total. The van der Waals surface area contributed by atoms with E-state index in [0.29, 0.717) is 11.0 Å². The summed E-state index contributed by atoms with van der Waals surface area (Å²) in [4.78, 5) is 0. The number of benzene rings is 1. The maximum absolute atomic E-state index is 13.2. The highest BCUT2D eigenvalue weighted by molar-refractivity contribution is 7.99. The Morgan fingerprint density at radius 2 is 2.00 bits per heavy atom. The summed E-state index contributed by atoms with van der Waals surface area (Å²) in [5.74, 6) is -1.49. The van der Waals surface area contributed by atoms with Crippen LogP contribution in [0.15, 0.2) is 18.2 Å². The van der Waals surface area contributed by atoms with Gasteiger partial charge in [-0.1, -0.05) is 26.0 Å². The summed E-state index contributed by atoms with van der Waals surface area (Å²) in [5.41, 5.74) is 0.0307. The second-order valence-electron chi connectivity index (χ2n) is 3.54. The highest BCUT2D eigenvalue weighted by Gasteiger charge is 2.15. The van der Waals surface area contributed by atoms with Gasteiger partial charge < -0.3 is 5.11 Å². The van der Waals surface area contributed by atoms with Gasteiger partial charge in [-0.05, 0) is 11.3 Å². The minimum Gasteiger partial charge on any atom is -0.387 e. The second kappa shape index (κ2) is 5.47. The Hall–Kier alpha value is -0.610. The van der Waals surface area contributed by atoms with E-state index in [1.807, 2.05) is 13.8 Å². The van der Waals surface area contributed by atoms with E-state index in [2.05, 4.69) is 0 Å². The van der Waals surface area contributed by atoms with E-state index in [0.717, 1.165) is 6.07 Å². The molecule has 1 aromatic rings. The van der Waals surface area contributed by atoms with Crippen LogP contribution in [0.4, 0.5) is 8.78 Å². The molecule has 0 spiro atoms. The molecule has 0 aliphatic rings. The number of aliphatic hydroxyl groups is 1. The molecule has 1 atom stereocenters. The summed E-state index contributed by atoms with van der Waals surface area (Å²) in [6.45, 7) is 3.97. The molecule has 0 saturated carbocycles. The van der Waals surface area contributed by atoms with Gasteiger partial charge in [-0.2, -0.15) is 11.8 Å². The molecule has 4 heteroatoms. The van der Waals surface area contributed by atoms with Gasteiger partial charge >= 0.3 is 0 Å². The standard InChI is InChI=1S/C11H14F2OS/c1-7(2)15-6-10(14)8-4-3-5-9(12)11(8)13/h3-5,7,10,14H,6H2,1-2H3. The van der Waals surface area contributed by atoms with E-state index < -0.39 is 17.7 Å². The lowest BCUT2D eigenvalue weighted by Crippen LogP contribution is -2.06. The topological polar surface area (TPSA) is 20.2 Å². The fraction of sp³-hybridized carbons (Fsp3) is 0.455. The van der Waals surface area contributed by atoms with Gasteiger partial charge in [-0.3, -0.25) is 0 Å². The van der Waals surface area contributed by atoms with Gasteiger partial charge in [-0.15, -0.1) is 0 Å². The quantitative estimate of drug-likeness (QED) is 0.860. The van der Waals surface area contributed by atoms with Gasteiger partial charge in [0.25, 0.3) is 0 Å². The first-order chi connectivity index (χ1) is 7.02. The number of thioether (sulfide) groups is 1. The number of halogens is 2. The van der Waals surface area contributed by atoms with Gasteiger partial charge in [0.15, 0.2) is 11.6 Å². The first kappa shape index (κ1) is 12.5. The zero-order chi connectivity index (χ0) is 11.4. The molecule has 0 aliphatic carbocycles. The van der Waals surface area contributed by atoms with Crippen molar-refractivity contribution >= 4 is 11.8 Å². The summed E-state index contributed by atoms with van der Waals surface area (Å²) >= 11 is 1.51. The molecule has 15 heavy (non-hydrogen) atoms. The summed E-state index contributed by atoms with van der Waals surface area (Å²) in [7, 11) is 0. The van der Waals surface area contributed by atoms with Gasteiger partial charge in [0.2, 0.25) is 0 Å². The van der Waals surface area contributed by atoms with E-state index in [1.165, 1.54) is 23.9 Å². The Kier molecular flexibility index (Phi) is 4.54. The molecule has 84 valence electrons. The van der Waals surface area contributed by atoms with E-state index in [9.17, 15) is 13.9 Å². The number of hydrogen-bond donors (Lipinski definition) is 1. The molecule has 1 aromatic carbocycles. The number of aliphatic hydroxyl groups excluding tert-OH is 1. The Morgan fingerprint density at radius 1 is 1.33 bits per heavy atom. The van der Waals surface area contributed by atoms with Gasteiger partial charge in [0.05, 0.1) is 6.10 Å². The van der Waals surface area contributed by atoms with Crippen LogP contribution in [0.25, 0.3) is 0 Å². The number of rotatable bonds is 4. The average molecular weight is 232 g/mol. The van der Waals surface area contributed by atoms with Crippen molar-refractivity contribution in [2.45, 2.75) is 25.2 Å². The Morgan fingerprint density at radius 3 is 2.60 bits per heavy atom. The molecule has 0 heterocycles. The Bertz CT molecular complexity index is 328. The molecule has 0 fully saturated rings. The molecule has 0 aliphatic heterocycles. The van der Waals surface area contributed by atoms with Crippen LogP contribution >= 0.6 is 11.8 Å². The SMILES string of the molecule is CC(C)SCC(O)c1cccc(F)c1F. The second-order valence-corrected chi connectivity index (χ2v) is 5.15. The van der Waals surface area contributed by atoms with Crippen LogP contribution in [0, 0.1) is 11.6 Å². The largest absolute Gasteiger partial charge is 0.387 e. The maximum atomic E-state index is 13.2. The zero-order valence-corrected chi connectivity index (χ0v) is 9.52. The summed E-state index contributed by atoms with van der Waals surface area (Å²) in [5, 5.41) is 10.0. The predicted molar refractivity (Wildman–Crippen MR) is 58.9 cm³/mol. The molecule has 1 N–H and O–H groups in total. The van der Waals surface area contributed by atoms with Crippen molar-refractivity contribution in [2.75, 3.05) is 5.75 Å². The molecule has 0 aromatic heterocycles. The van der Waals surface area contributed by atoms with Crippen LogP contribution in [0.2, 0.25) is 0 Å². The highest BCUT2D eigenvalue weighted by Crippen LogP contribution is 2.24. The van der Waals surface area contributed by atoms with Gasteiger partial charge in [0, 0.05) is 11.3 Å². The molecule has 0 amide bonds. The van der Waals surface area contributed by atoms with Crippen LogP contribution in [0.3, 0.4) is 0 Å². The van der Waals surface area contributed by atoms with Crippen molar-refractivity contribution in [2.24, 2.45) is 0 Å². The zero-order valence-electron chi connectivity index (χ0n) is 8.71. The fourth-order valence-corrected chi connectivity index (χ4v) is 1.90. The van der Waals surface area contributed by atoms with E-state index in [-0.39, 0.29) is 5.56 Å². The van der Waals surface area contributed by atoms with Crippen molar-refractivity contribution in [3.63, 3.8) is 0 Å². The van der Waals surface area contributed by atoms with Crippen LogP contribution in [0.5, 0.6) is 0 Å². The lowest BCUT2D eigenvalue weighted by molar-refractivity contribution is 0.197. The maximum Gasteiger partial charge on any atom is 0.164 e. The molecule has 0 radical (unpaired) electrons. The Labute approximate surface area is 92.5 Å². The fourth-order valence-electron chi connectivity index (χ4n) is 1.15. The lowest BCUT2D eigenvalue weighted by Gasteiger charge is -2.13. The monoisotopic (exact) mass is 232 g/mol. The van der Waals surface area contributed by atoms with Gasteiger partial charge in [0.1, 0.15) is 0 Å². The third kappa shape index (κ3) is 3.47. The predicted octanol–water partition coefficient (Wildman–Crippen LogP) is 3.14. The number of hydrogen-bond acceptors (Lipinski definition) is 2. The summed E-state index contributed by atoms with van der Waals surface area (Å²) < 4.78 is 26.1. The van der Waals surface area contributed by atoms with Crippen LogP contribution in [-0.4, -0.2) is 16.1 Å². The molecular weight excluding hydrogens is 218 g/mol. The minimum absolute atomic E-state index is 0.0307. The first-order valence-electron chi connectivity index (χ1n) is 4.76. The van der Waals surface area contributed by atoms with Crippen LogP contribution in [-0.2, 0) is 0 Å².